The number of nitrogens with two attached hydrogens (primary N) is 1. The van der Waals surface area contributed by atoms with E-state index in [-0.39, 0.29) is 28.2 Å². The molecule has 0 aliphatic carbocycles. The molecular weight excluding hydrogens is 347 g/mol. The second-order valence-electron chi connectivity index (χ2n) is 4.52. The molecule has 2 rings (SSSR count). The maximum Gasteiger partial charge on any atom is 0.162 e. The van der Waals surface area contributed by atoms with Gasteiger partial charge in [0, 0.05) is 18.1 Å². The third-order valence-electron chi connectivity index (χ3n) is 2.54. The predicted molar refractivity (Wildman–Crippen MR) is 86.3 cm³/mol. The van der Waals surface area contributed by atoms with Crippen LogP contribution >= 0.6 is 23.2 Å². The predicted octanol–water partition coefficient (Wildman–Crippen LogP) is 4.02. The number of hydrogen-bond acceptors (Lipinski definition) is 4. The van der Waals surface area contributed by atoms with Crippen LogP contribution in [0.3, 0.4) is 0 Å². The van der Waals surface area contributed by atoms with Gasteiger partial charge in [0.15, 0.2) is 10.9 Å². The summed E-state index contributed by atoms with van der Waals surface area (Å²) in [5, 5.41) is 0.289. The first kappa shape index (κ1) is 19.0. The van der Waals surface area contributed by atoms with E-state index in [9.17, 15) is 13.6 Å². The molecule has 0 atom stereocenters. The average Bonchev–Trinajstić information content (AvgIpc) is 2.47. The molecule has 2 N–H and O–H groups in total. The lowest BCUT2D eigenvalue weighted by Crippen LogP contribution is -2.04. The Labute approximate surface area is 142 Å². The Morgan fingerprint density at radius 2 is 1.70 bits per heavy atom. The molecule has 23 heavy (non-hydrogen) atoms. The fourth-order valence-corrected chi connectivity index (χ4v) is 1.62. The smallest absolute Gasteiger partial charge is 0.162 e. The van der Waals surface area contributed by atoms with Crippen LogP contribution in [0.15, 0.2) is 36.7 Å². The van der Waals surface area contributed by atoms with E-state index in [4.69, 9.17) is 28.9 Å². The van der Waals surface area contributed by atoms with Gasteiger partial charge in [-0.05, 0) is 18.6 Å². The minimum atomic E-state index is -0.501. The van der Waals surface area contributed by atoms with E-state index in [1.54, 1.807) is 6.92 Å². The van der Waals surface area contributed by atoms with Crippen LogP contribution in [0.1, 0.15) is 12.5 Å². The van der Waals surface area contributed by atoms with Crippen LogP contribution in [0.4, 0.5) is 14.5 Å². The molecule has 0 aromatic carbocycles. The van der Waals surface area contributed by atoms with Crippen molar-refractivity contribution < 1.29 is 13.6 Å². The molecule has 0 fully saturated rings. The second kappa shape index (κ2) is 8.55. The lowest BCUT2D eigenvalue weighted by atomic mass is 10.1. The van der Waals surface area contributed by atoms with E-state index in [1.807, 2.05) is 0 Å². The highest BCUT2D eigenvalue weighted by Gasteiger charge is 2.09. The number of nitrogens with zero attached hydrogens (tertiary/aromatic N) is 2. The summed E-state index contributed by atoms with van der Waals surface area (Å²) < 4.78 is 24.9. The molecule has 0 spiro atoms. The van der Waals surface area contributed by atoms with Crippen molar-refractivity contribution in [1.29, 1.82) is 0 Å². The summed E-state index contributed by atoms with van der Waals surface area (Å²) in [4.78, 5) is 18.3. The summed E-state index contributed by atoms with van der Waals surface area (Å²) in [6.07, 6.45) is 2.06. The Balaban J connectivity index is 0.000000253. The number of carbonyl (C=O) groups excluding carboxylic acids is 1. The lowest BCUT2D eigenvalue weighted by molar-refractivity contribution is -0.114. The molecular formula is C15H13Cl2F2N3O. The number of hydrogen-bond donors (Lipinski definition) is 1. The van der Waals surface area contributed by atoms with Gasteiger partial charge >= 0.3 is 0 Å². The number of allylic oxidation sites excluding steroid dienone is 1. The molecule has 4 nitrogen and oxygen atoms in total. The zero-order valence-electron chi connectivity index (χ0n) is 12.1. The first-order chi connectivity index (χ1) is 10.7. The molecule has 122 valence electrons. The molecule has 2 aromatic heterocycles. The molecule has 0 aliphatic heterocycles. The summed E-state index contributed by atoms with van der Waals surface area (Å²) in [7, 11) is 0. The van der Waals surface area contributed by atoms with Crippen LogP contribution in [0.5, 0.6) is 0 Å². The molecule has 2 aromatic rings. The minimum absolute atomic E-state index is 0.0406. The fourth-order valence-electron chi connectivity index (χ4n) is 1.35. The van der Waals surface area contributed by atoms with Crippen molar-refractivity contribution in [3.05, 3.63) is 64.2 Å². The number of anilines is 1. The summed E-state index contributed by atoms with van der Waals surface area (Å²) in [6, 6.07) is 2.32. The van der Waals surface area contributed by atoms with Crippen LogP contribution in [0.2, 0.25) is 10.3 Å². The van der Waals surface area contributed by atoms with Crippen LogP contribution in [-0.4, -0.2) is 15.8 Å². The maximum atomic E-state index is 12.7. The van der Waals surface area contributed by atoms with Gasteiger partial charge in [0.05, 0.1) is 18.1 Å². The van der Waals surface area contributed by atoms with Gasteiger partial charge in [-0.3, -0.25) is 4.79 Å². The summed E-state index contributed by atoms with van der Waals surface area (Å²) >= 11 is 11.1. The Morgan fingerprint density at radius 1 is 1.17 bits per heavy atom. The zero-order chi connectivity index (χ0) is 17.6. The van der Waals surface area contributed by atoms with Crippen molar-refractivity contribution in [1.82, 2.24) is 9.97 Å². The van der Waals surface area contributed by atoms with Gasteiger partial charge in [-0.2, -0.15) is 0 Å². The van der Waals surface area contributed by atoms with E-state index in [1.165, 1.54) is 6.07 Å². The van der Waals surface area contributed by atoms with Gasteiger partial charge in [-0.15, -0.1) is 0 Å². The van der Waals surface area contributed by atoms with Gasteiger partial charge in [0.2, 0.25) is 0 Å². The van der Waals surface area contributed by atoms with Gasteiger partial charge in [0.25, 0.3) is 0 Å². The zero-order valence-corrected chi connectivity index (χ0v) is 13.6. The minimum Gasteiger partial charge on any atom is -0.396 e. The third-order valence-corrected chi connectivity index (χ3v) is 3.19. The lowest BCUT2D eigenvalue weighted by Gasteiger charge is -2.02. The van der Waals surface area contributed by atoms with Crippen LogP contribution in [0, 0.1) is 11.6 Å². The van der Waals surface area contributed by atoms with Crippen LogP contribution < -0.4 is 5.73 Å². The highest BCUT2D eigenvalue weighted by Crippen LogP contribution is 2.16. The Bertz CT molecular complexity index is 739. The molecule has 0 radical (unpaired) electrons. The number of nitrogen functional groups attached to an aromatic ring is 1. The highest BCUT2D eigenvalue weighted by molar-refractivity contribution is 6.31. The first-order valence-electron chi connectivity index (χ1n) is 6.26. The van der Waals surface area contributed by atoms with E-state index >= 15 is 0 Å². The van der Waals surface area contributed by atoms with Crippen molar-refractivity contribution in [2.45, 2.75) is 13.3 Å². The van der Waals surface area contributed by atoms with Crippen molar-refractivity contribution in [3.8, 4) is 0 Å². The molecule has 2 heterocycles. The quantitative estimate of drug-likeness (QED) is 0.663. The van der Waals surface area contributed by atoms with Crippen LogP contribution in [0.25, 0.3) is 0 Å². The third kappa shape index (κ3) is 6.30. The first-order valence-corrected chi connectivity index (χ1v) is 7.01. The number of carbonyl (C=O) groups is 1. The van der Waals surface area contributed by atoms with Gasteiger partial charge in [-0.25, -0.2) is 18.7 Å². The van der Waals surface area contributed by atoms with Crippen molar-refractivity contribution >= 4 is 34.7 Å². The van der Waals surface area contributed by atoms with Crippen molar-refractivity contribution in [2.75, 3.05) is 5.73 Å². The molecule has 0 aliphatic rings. The Hall–Kier alpha value is -2.05. The monoisotopic (exact) mass is 359 g/mol. The standard InChI is InChI=1S/C10H9ClFNO.C5H4ClFN2/c1-6(2)9(14)4-7-3-8(12)5-13-10(7)11;6-5-4(8)1-3(7)2-9-5/h3,5H,1,4H2,2H3;1-2H,8H2. The number of aromatic nitrogens is 2. The van der Waals surface area contributed by atoms with E-state index in [0.717, 1.165) is 18.5 Å². The highest BCUT2D eigenvalue weighted by atomic mass is 35.5. The molecule has 0 saturated carbocycles. The number of rotatable bonds is 3. The SMILES string of the molecule is C=C(C)C(=O)Cc1cc(F)cnc1Cl.Nc1cc(F)cnc1Cl. The number of Topliss-reactive ketones (excluding diaryl/α,β-unsaturated/α-hetero) is 1. The Morgan fingerprint density at radius 3 is 2.17 bits per heavy atom. The fraction of sp³-hybridized carbons (Fsp3) is 0.133. The normalized spacial score (nSPS) is 9.78. The van der Waals surface area contributed by atoms with Crippen molar-refractivity contribution in [3.63, 3.8) is 0 Å². The van der Waals surface area contributed by atoms with Gasteiger partial charge in [0.1, 0.15) is 16.8 Å². The number of pyridine rings is 2. The van der Waals surface area contributed by atoms with Crippen molar-refractivity contribution in [2.24, 2.45) is 0 Å². The maximum absolute atomic E-state index is 12.7. The molecule has 0 saturated heterocycles. The van der Waals surface area contributed by atoms with E-state index in [2.05, 4.69) is 16.5 Å². The second-order valence-corrected chi connectivity index (χ2v) is 5.23. The molecule has 0 amide bonds. The summed E-state index contributed by atoms with van der Waals surface area (Å²) in [5.74, 6) is -1.14. The molecule has 0 unspecified atom stereocenters. The van der Waals surface area contributed by atoms with E-state index in [0.29, 0.717) is 11.1 Å². The van der Waals surface area contributed by atoms with Gasteiger partial charge in [-0.1, -0.05) is 29.8 Å². The average molecular weight is 360 g/mol. The number of ketones is 1. The Kier molecular flexibility index (Phi) is 7.06. The number of halogens is 4. The topological polar surface area (TPSA) is 68.9 Å². The summed E-state index contributed by atoms with van der Waals surface area (Å²) in [6.45, 7) is 5.10. The molecule has 0 bridgehead atoms. The van der Waals surface area contributed by atoms with Crippen LogP contribution in [-0.2, 0) is 11.2 Å². The van der Waals surface area contributed by atoms with E-state index < -0.39 is 11.6 Å². The molecule has 8 heteroatoms. The summed E-state index contributed by atoms with van der Waals surface area (Å²) in [5.41, 5.74) is 6.16. The largest absolute Gasteiger partial charge is 0.396 e. The van der Waals surface area contributed by atoms with Gasteiger partial charge < -0.3 is 5.73 Å².